The van der Waals surface area contributed by atoms with Crippen molar-refractivity contribution in [2.45, 2.75) is 69.5 Å². The zero-order valence-corrected chi connectivity index (χ0v) is 20.9. The molecule has 0 fully saturated rings. The van der Waals surface area contributed by atoms with E-state index < -0.39 is 72.5 Å². The lowest BCUT2D eigenvalue weighted by molar-refractivity contribution is -0.145. The predicted molar refractivity (Wildman–Crippen MR) is 134 cm³/mol. The van der Waals surface area contributed by atoms with Gasteiger partial charge in [-0.1, -0.05) is 18.2 Å². The minimum Gasteiger partial charge on any atom is -0.481 e. The summed E-state index contributed by atoms with van der Waals surface area (Å²) in [6.45, 7) is 2.44. The number of fused-ring (bicyclic) bond motifs is 1. The molecule has 1 aromatic carbocycles. The molecule has 38 heavy (non-hydrogen) atoms. The van der Waals surface area contributed by atoms with Crippen molar-refractivity contribution in [3.8, 4) is 0 Å². The van der Waals surface area contributed by atoms with Crippen LogP contribution in [0.3, 0.4) is 0 Å². The summed E-state index contributed by atoms with van der Waals surface area (Å²) in [6.07, 6.45) is -2.07. The van der Waals surface area contributed by atoms with Crippen LogP contribution in [-0.2, 0) is 30.4 Å². The predicted octanol–water partition coefficient (Wildman–Crippen LogP) is -1.80. The second-order valence-electron chi connectivity index (χ2n) is 8.95. The number of carboxylic acid groups (broad SMARTS) is 2. The van der Waals surface area contributed by atoms with Crippen LogP contribution in [0.1, 0.15) is 32.3 Å². The number of aliphatic hydroxyl groups excluding tert-OH is 2. The number of benzene rings is 1. The van der Waals surface area contributed by atoms with Crippen molar-refractivity contribution in [1.82, 2.24) is 20.9 Å². The van der Waals surface area contributed by atoms with E-state index in [9.17, 15) is 39.3 Å². The van der Waals surface area contributed by atoms with Crippen LogP contribution in [0.5, 0.6) is 0 Å². The Morgan fingerprint density at radius 2 is 1.50 bits per heavy atom. The van der Waals surface area contributed by atoms with E-state index in [1.807, 2.05) is 0 Å². The van der Waals surface area contributed by atoms with Gasteiger partial charge in [0.05, 0.1) is 12.2 Å². The van der Waals surface area contributed by atoms with Gasteiger partial charge < -0.3 is 47.1 Å². The van der Waals surface area contributed by atoms with Crippen molar-refractivity contribution < 1.29 is 44.4 Å². The fourth-order valence-electron chi connectivity index (χ4n) is 3.67. The number of nitrogens with one attached hydrogen (secondary N) is 4. The minimum atomic E-state index is -1.67. The highest BCUT2D eigenvalue weighted by atomic mass is 16.4. The summed E-state index contributed by atoms with van der Waals surface area (Å²) in [5.41, 5.74) is 6.96. The number of hydrogen-bond donors (Lipinski definition) is 9. The van der Waals surface area contributed by atoms with Crippen molar-refractivity contribution >= 4 is 40.6 Å². The third kappa shape index (κ3) is 8.26. The molecule has 0 aliphatic rings. The van der Waals surface area contributed by atoms with E-state index in [0.717, 1.165) is 10.9 Å². The van der Waals surface area contributed by atoms with Crippen LogP contribution in [0, 0.1) is 0 Å². The first kappa shape index (κ1) is 30.2. The van der Waals surface area contributed by atoms with Gasteiger partial charge in [-0.3, -0.25) is 19.2 Å². The number of nitrogens with two attached hydrogens (primary N) is 1. The summed E-state index contributed by atoms with van der Waals surface area (Å²) in [4.78, 5) is 64.3. The maximum Gasteiger partial charge on any atom is 0.328 e. The molecule has 2 aromatic rings. The average Bonchev–Trinajstić information content (AvgIpc) is 3.25. The Labute approximate surface area is 217 Å². The van der Waals surface area contributed by atoms with Crippen LogP contribution in [0.15, 0.2) is 30.5 Å². The lowest BCUT2D eigenvalue weighted by atomic mass is 10.0. The number of para-hydroxylation sites is 1. The van der Waals surface area contributed by atoms with Crippen LogP contribution in [0.2, 0.25) is 0 Å². The van der Waals surface area contributed by atoms with Crippen LogP contribution in [0.4, 0.5) is 0 Å². The molecule has 2 rings (SSSR count). The van der Waals surface area contributed by atoms with E-state index in [1.165, 1.54) is 13.8 Å². The molecule has 3 amide bonds. The standard InChI is InChI=1S/C24H33N5O9/c1-11(30)19(25)23(36)27-16(7-8-18(32)33)21(34)28-17(22(35)29-20(12(2)31)24(37)38)9-13-10-26-15-6-4-3-5-14(13)15/h3-6,10-12,16-17,19-20,26,30-31H,7-9,25H2,1-2H3,(H,27,36)(H,28,34)(H,29,35)(H,32,33)(H,37,38). The number of aromatic amines is 1. The molecule has 6 unspecified atom stereocenters. The number of aromatic nitrogens is 1. The molecule has 14 nitrogen and oxygen atoms in total. The quantitative estimate of drug-likeness (QED) is 0.131. The number of aliphatic carboxylic acids is 2. The fourth-order valence-corrected chi connectivity index (χ4v) is 3.67. The van der Waals surface area contributed by atoms with E-state index >= 15 is 0 Å². The summed E-state index contributed by atoms with van der Waals surface area (Å²) >= 11 is 0. The normalized spacial score (nSPS) is 15.9. The van der Waals surface area contributed by atoms with Crippen LogP contribution >= 0.6 is 0 Å². The van der Waals surface area contributed by atoms with Crippen molar-refractivity contribution in [2.75, 3.05) is 0 Å². The molecule has 0 aliphatic carbocycles. The number of carbonyl (C=O) groups is 5. The number of hydrogen-bond acceptors (Lipinski definition) is 8. The van der Waals surface area contributed by atoms with Gasteiger partial charge in [-0.05, 0) is 31.9 Å². The first-order valence-electron chi connectivity index (χ1n) is 11.8. The molecule has 10 N–H and O–H groups in total. The Morgan fingerprint density at radius 3 is 2.08 bits per heavy atom. The van der Waals surface area contributed by atoms with E-state index in [1.54, 1.807) is 30.5 Å². The monoisotopic (exact) mass is 535 g/mol. The lowest BCUT2D eigenvalue weighted by Gasteiger charge is -2.26. The second kappa shape index (κ2) is 13.5. The van der Waals surface area contributed by atoms with Gasteiger partial charge in [0.15, 0.2) is 6.04 Å². The van der Waals surface area contributed by atoms with Crippen LogP contribution in [-0.4, -0.2) is 91.4 Å². The van der Waals surface area contributed by atoms with Crippen molar-refractivity contribution in [2.24, 2.45) is 5.73 Å². The van der Waals surface area contributed by atoms with Gasteiger partial charge in [-0.25, -0.2) is 4.79 Å². The Balaban J connectivity index is 2.35. The number of aliphatic hydroxyl groups is 2. The molecule has 0 radical (unpaired) electrons. The third-order valence-electron chi connectivity index (χ3n) is 5.88. The SMILES string of the molecule is CC(O)C(N)C(=O)NC(CCC(=O)O)C(=O)NC(Cc1c[nH]c2ccccc12)C(=O)NC(C(=O)O)C(C)O. The molecule has 14 heteroatoms. The number of H-pyrrole nitrogens is 1. The Kier molecular flexibility index (Phi) is 10.7. The molecule has 1 aromatic heterocycles. The lowest BCUT2D eigenvalue weighted by Crippen LogP contribution is -2.59. The molecular weight excluding hydrogens is 502 g/mol. The Bertz CT molecular complexity index is 1160. The Morgan fingerprint density at radius 1 is 0.895 bits per heavy atom. The number of carboxylic acids is 2. The zero-order chi connectivity index (χ0) is 28.6. The molecule has 0 spiro atoms. The highest BCUT2D eigenvalue weighted by molar-refractivity contribution is 5.95. The summed E-state index contributed by atoms with van der Waals surface area (Å²) in [5, 5.41) is 45.5. The smallest absolute Gasteiger partial charge is 0.328 e. The van der Waals surface area contributed by atoms with Gasteiger partial charge in [0.25, 0.3) is 0 Å². The van der Waals surface area contributed by atoms with Gasteiger partial charge in [0.1, 0.15) is 18.1 Å². The van der Waals surface area contributed by atoms with Gasteiger partial charge >= 0.3 is 11.9 Å². The maximum atomic E-state index is 13.2. The van der Waals surface area contributed by atoms with E-state index in [4.69, 9.17) is 10.8 Å². The molecule has 208 valence electrons. The van der Waals surface area contributed by atoms with Gasteiger partial charge in [-0.2, -0.15) is 0 Å². The van der Waals surface area contributed by atoms with Crippen LogP contribution in [0.25, 0.3) is 10.9 Å². The highest BCUT2D eigenvalue weighted by Gasteiger charge is 2.33. The summed E-state index contributed by atoms with van der Waals surface area (Å²) < 4.78 is 0. The van der Waals surface area contributed by atoms with E-state index in [0.29, 0.717) is 5.56 Å². The third-order valence-corrected chi connectivity index (χ3v) is 5.88. The number of amides is 3. The Hall–Kier alpha value is -4.01. The number of carbonyl (C=O) groups excluding carboxylic acids is 3. The average molecular weight is 536 g/mol. The van der Waals surface area contributed by atoms with Gasteiger partial charge in [0.2, 0.25) is 17.7 Å². The summed E-state index contributed by atoms with van der Waals surface area (Å²) in [6, 6.07) is 1.25. The minimum absolute atomic E-state index is 0.111. The maximum absolute atomic E-state index is 13.2. The number of rotatable bonds is 14. The molecule has 0 saturated carbocycles. The molecular formula is C24H33N5O9. The highest BCUT2D eigenvalue weighted by Crippen LogP contribution is 2.19. The largest absolute Gasteiger partial charge is 0.481 e. The van der Waals surface area contributed by atoms with Crippen LogP contribution < -0.4 is 21.7 Å². The van der Waals surface area contributed by atoms with E-state index in [-0.39, 0.29) is 12.8 Å². The van der Waals surface area contributed by atoms with Gasteiger partial charge in [0, 0.05) is 29.9 Å². The molecule has 0 saturated heterocycles. The molecule has 6 atom stereocenters. The van der Waals surface area contributed by atoms with Gasteiger partial charge in [-0.15, -0.1) is 0 Å². The second-order valence-corrected chi connectivity index (χ2v) is 8.95. The summed E-state index contributed by atoms with van der Waals surface area (Å²) in [7, 11) is 0. The molecule has 0 aliphatic heterocycles. The molecule has 1 heterocycles. The first-order chi connectivity index (χ1) is 17.8. The van der Waals surface area contributed by atoms with Crippen molar-refractivity contribution in [3.63, 3.8) is 0 Å². The molecule has 0 bridgehead atoms. The van der Waals surface area contributed by atoms with Crippen molar-refractivity contribution in [1.29, 1.82) is 0 Å². The summed E-state index contributed by atoms with van der Waals surface area (Å²) in [5.74, 6) is -5.51. The van der Waals surface area contributed by atoms with E-state index in [2.05, 4.69) is 20.9 Å². The first-order valence-corrected chi connectivity index (χ1v) is 11.8. The zero-order valence-electron chi connectivity index (χ0n) is 20.9. The topological polar surface area (TPSA) is 244 Å². The van der Waals surface area contributed by atoms with Crippen molar-refractivity contribution in [3.05, 3.63) is 36.0 Å². The fraction of sp³-hybridized carbons (Fsp3) is 0.458.